The molecule has 0 bridgehead atoms. The van der Waals surface area contributed by atoms with Crippen molar-refractivity contribution in [2.45, 2.75) is 22.7 Å². The Labute approximate surface area is 247 Å². The van der Waals surface area contributed by atoms with Crippen LogP contribution in [0.5, 0.6) is 0 Å². The van der Waals surface area contributed by atoms with E-state index in [0.29, 0.717) is 28.9 Å². The number of carbonyl (C=O) groups excluding carboxylic acids is 3. The first-order valence-corrected chi connectivity index (χ1v) is 15.3. The molecule has 2 amide bonds. The predicted octanol–water partition coefficient (Wildman–Crippen LogP) is 2.65. The van der Waals surface area contributed by atoms with Crippen LogP contribution in [-0.2, 0) is 14.4 Å². The highest BCUT2D eigenvalue weighted by atomic mass is 35.5. The minimum atomic E-state index is -0.688. The molecule has 9 nitrogen and oxygen atoms in total. The van der Waals surface area contributed by atoms with Gasteiger partial charge < -0.3 is 21.3 Å². The van der Waals surface area contributed by atoms with Gasteiger partial charge in [-0.25, -0.2) is 0 Å². The minimum Gasteiger partial charge on any atom is -0.370 e. The Morgan fingerprint density at radius 1 is 1.23 bits per heavy atom. The third kappa shape index (κ3) is 7.39. The Morgan fingerprint density at radius 2 is 1.98 bits per heavy atom. The number of hydrogen-bond donors (Lipinski definition) is 3. The van der Waals surface area contributed by atoms with Crippen LogP contribution in [0.2, 0.25) is 0 Å². The van der Waals surface area contributed by atoms with Crippen LogP contribution in [0.1, 0.15) is 6.42 Å². The summed E-state index contributed by atoms with van der Waals surface area (Å²) in [5.74, 6) is 0.224. The fourth-order valence-electron chi connectivity index (χ4n) is 4.65. The summed E-state index contributed by atoms with van der Waals surface area (Å²) in [7, 11) is 4.19. The first-order valence-electron chi connectivity index (χ1n) is 12.9. The highest BCUT2D eigenvalue weighted by Gasteiger charge is 2.53. The van der Waals surface area contributed by atoms with E-state index in [9.17, 15) is 14.4 Å². The molecule has 1 fully saturated rings. The van der Waals surface area contributed by atoms with Crippen LogP contribution in [0.15, 0.2) is 75.8 Å². The Kier molecular flexibility index (Phi) is 9.83. The van der Waals surface area contributed by atoms with Crippen LogP contribution < -0.4 is 16.8 Å². The predicted molar refractivity (Wildman–Crippen MR) is 164 cm³/mol. The number of hydrogen-bond acceptors (Lipinski definition) is 6. The molecule has 212 valence electrons. The number of carbonyl (C=O) groups is 3. The zero-order valence-corrected chi connectivity index (χ0v) is 24.9. The largest absolute Gasteiger partial charge is 0.370 e. The minimum absolute atomic E-state index is 0.0887. The Balaban J connectivity index is 1.33. The first kappa shape index (κ1) is 30.0. The maximum atomic E-state index is 13.0. The number of nitrogens with two attached hydrogens (primary N) is 2. The molecule has 2 atom stereocenters. The van der Waals surface area contributed by atoms with Crippen molar-refractivity contribution in [3.63, 3.8) is 0 Å². The SMILES string of the molecule is C[N+](C)(CC=CC1=C(C(=O)Cl)N2C(=O)[C@@H](NC(=O)CSc3ccc4ccccc4c3)[C@H]2SC1)CCCN=C(N)N. The molecular weight excluding hydrogens is 568 g/mol. The van der Waals surface area contributed by atoms with Crippen LogP contribution in [0.25, 0.3) is 10.8 Å². The maximum Gasteiger partial charge on any atom is 0.269 e. The summed E-state index contributed by atoms with van der Waals surface area (Å²) >= 11 is 8.87. The van der Waals surface area contributed by atoms with Crippen molar-refractivity contribution in [3.05, 3.63) is 65.9 Å². The number of allylic oxidation sites excluding steroid dienone is 2. The molecule has 0 spiro atoms. The van der Waals surface area contributed by atoms with Gasteiger partial charge in [0.15, 0.2) is 5.96 Å². The molecule has 2 heterocycles. The maximum absolute atomic E-state index is 13.0. The topological polar surface area (TPSA) is 131 Å². The number of amides is 2. The lowest BCUT2D eigenvalue weighted by Gasteiger charge is -2.49. The smallest absolute Gasteiger partial charge is 0.269 e. The number of guanidine groups is 1. The number of halogens is 1. The van der Waals surface area contributed by atoms with E-state index in [1.54, 1.807) is 0 Å². The number of rotatable bonds is 12. The average Bonchev–Trinajstić information content (AvgIpc) is 2.92. The van der Waals surface area contributed by atoms with E-state index < -0.39 is 11.3 Å². The van der Waals surface area contributed by atoms with Crippen LogP contribution in [0.4, 0.5) is 0 Å². The summed E-state index contributed by atoms with van der Waals surface area (Å²) in [6, 6.07) is 13.4. The summed E-state index contributed by atoms with van der Waals surface area (Å²) in [5.41, 5.74) is 11.7. The summed E-state index contributed by atoms with van der Waals surface area (Å²) in [4.78, 5) is 44.5. The lowest BCUT2D eigenvalue weighted by molar-refractivity contribution is -0.884. The fraction of sp³-hybridized carbons (Fsp3) is 0.357. The molecule has 40 heavy (non-hydrogen) atoms. The highest BCUT2D eigenvalue weighted by molar-refractivity contribution is 8.00. The van der Waals surface area contributed by atoms with Gasteiger partial charge in [0.1, 0.15) is 17.1 Å². The average molecular weight is 602 g/mol. The van der Waals surface area contributed by atoms with Crippen molar-refractivity contribution in [2.75, 3.05) is 45.2 Å². The molecule has 0 aromatic heterocycles. The van der Waals surface area contributed by atoms with Gasteiger partial charge in [-0.15, -0.1) is 23.5 Å². The third-order valence-electron chi connectivity index (χ3n) is 6.73. The number of nitrogens with one attached hydrogen (secondary N) is 1. The molecule has 0 saturated carbocycles. The normalized spacial score (nSPS) is 19.0. The molecule has 12 heteroatoms. The molecule has 5 N–H and O–H groups in total. The van der Waals surface area contributed by atoms with E-state index in [0.717, 1.165) is 28.6 Å². The molecule has 2 aliphatic heterocycles. The highest BCUT2D eigenvalue weighted by Crippen LogP contribution is 2.41. The van der Waals surface area contributed by atoms with Gasteiger partial charge in [-0.1, -0.05) is 36.4 Å². The van der Waals surface area contributed by atoms with Crippen LogP contribution in [0, 0.1) is 0 Å². The van der Waals surface area contributed by atoms with Gasteiger partial charge in [-0.3, -0.25) is 24.3 Å². The van der Waals surface area contributed by atoms with Gasteiger partial charge >= 0.3 is 0 Å². The van der Waals surface area contributed by atoms with Gasteiger partial charge in [0.2, 0.25) is 5.91 Å². The lowest BCUT2D eigenvalue weighted by atomic mass is 10.0. The number of benzene rings is 2. The molecule has 0 unspecified atom stereocenters. The van der Waals surface area contributed by atoms with Crippen LogP contribution >= 0.6 is 35.1 Å². The standard InChI is InChI=1S/C28H33ClN6O3S2/c1-35(2,14-6-12-32-28(30)31)13-5-9-20-16-40-27-23(26(38)34(27)24(20)25(29)37)33-22(36)17-39-21-11-10-18-7-3-4-8-19(18)15-21/h3-5,7-11,15,23,27H,6,12-14,16-17H2,1-2H3,(H4-,30,31,32,33,36)/p+1/t23-,27-/m1/s1. The fourth-order valence-corrected chi connectivity index (χ4v) is 6.94. The number of fused-ring (bicyclic) bond motifs is 2. The zero-order chi connectivity index (χ0) is 28.9. The molecule has 0 radical (unpaired) electrons. The van der Waals surface area contributed by atoms with Crippen molar-refractivity contribution >= 4 is 68.9 Å². The van der Waals surface area contributed by atoms with Crippen LogP contribution in [0.3, 0.4) is 0 Å². The summed E-state index contributed by atoms with van der Waals surface area (Å²) < 4.78 is 0.706. The second kappa shape index (κ2) is 13.1. The summed E-state index contributed by atoms with van der Waals surface area (Å²) in [6.07, 6.45) is 4.69. The second-order valence-corrected chi connectivity index (χ2v) is 12.8. The van der Waals surface area contributed by atoms with Crippen molar-refractivity contribution < 1.29 is 18.9 Å². The van der Waals surface area contributed by atoms with E-state index in [2.05, 4.69) is 24.4 Å². The van der Waals surface area contributed by atoms with Crippen molar-refractivity contribution in [1.82, 2.24) is 10.2 Å². The molecule has 2 aromatic carbocycles. The first-order chi connectivity index (χ1) is 19.1. The van der Waals surface area contributed by atoms with Gasteiger partial charge in [0.25, 0.3) is 11.1 Å². The number of aliphatic imine (C=N–C) groups is 1. The molecule has 0 aliphatic carbocycles. The molecule has 1 saturated heterocycles. The van der Waals surface area contributed by atoms with Gasteiger partial charge in [0, 0.05) is 23.6 Å². The van der Waals surface area contributed by atoms with Crippen molar-refractivity contribution in [2.24, 2.45) is 16.5 Å². The zero-order valence-electron chi connectivity index (χ0n) is 22.5. The van der Waals surface area contributed by atoms with Gasteiger partial charge in [-0.2, -0.15) is 0 Å². The van der Waals surface area contributed by atoms with Gasteiger partial charge in [0.05, 0.1) is 32.9 Å². The monoisotopic (exact) mass is 601 g/mol. The van der Waals surface area contributed by atoms with E-state index in [-0.39, 0.29) is 34.6 Å². The Bertz CT molecular complexity index is 1390. The van der Waals surface area contributed by atoms with E-state index in [4.69, 9.17) is 23.1 Å². The van der Waals surface area contributed by atoms with E-state index in [1.807, 2.05) is 54.6 Å². The second-order valence-electron chi connectivity index (χ2n) is 10.3. The number of quaternary nitrogens is 1. The summed E-state index contributed by atoms with van der Waals surface area (Å²) in [6.45, 7) is 2.15. The van der Waals surface area contributed by atoms with Gasteiger partial charge in [-0.05, 0) is 46.2 Å². The Morgan fingerprint density at radius 3 is 2.70 bits per heavy atom. The van der Waals surface area contributed by atoms with Crippen molar-refractivity contribution in [3.8, 4) is 0 Å². The number of thioether (sulfide) groups is 2. The van der Waals surface area contributed by atoms with E-state index in [1.165, 1.54) is 28.4 Å². The number of likely N-dealkylation sites (N-methyl/N-ethyl adjacent to an activating group) is 1. The van der Waals surface area contributed by atoms with E-state index >= 15 is 0 Å². The molecular formula is C28H34ClN6O3S2+. The number of nitrogens with zero attached hydrogens (tertiary/aromatic N) is 3. The number of β-lactam (4-membered cyclic amide) rings is 1. The van der Waals surface area contributed by atoms with Crippen LogP contribution in [-0.4, -0.2) is 89.1 Å². The quantitative estimate of drug-likeness (QED) is 0.0648. The summed E-state index contributed by atoms with van der Waals surface area (Å²) in [5, 5.41) is 4.05. The van der Waals surface area contributed by atoms with Crippen molar-refractivity contribution in [1.29, 1.82) is 0 Å². The lowest BCUT2D eigenvalue weighted by Crippen LogP contribution is -2.70. The molecule has 2 aromatic rings. The molecule has 4 rings (SSSR count). The Hall–Kier alpha value is -2.99. The molecule has 2 aliphatic rings. The third-order valence-corrected chi connectivity index (χ3v) is 9.20.